The zero-order valence-electron chi connectivity index (χ0n) is 12.2. The van der Waals surface area contributed by atoms with Crippen molar-refractivity contribution in [2.45, 2.75) is 33.1 Å². The fourth-order valence-electron chi connectivity index (χ4n) is 1.96. The van der Waals surface area contributed by atoms with Crippen LogP contribution in [0.5, 0.6) is 5.75 Å². The lowest BCUT2D eigenvalue weighted by Crippen LogP contribution is -2.12. The lowest BCUT2D eigenvalue weighted by molar-refractivity contribution is 0.411. The summed E-state index contributed by atoms with van der Waals surface area (Å²) in [5, 5.41) is 4.60. The Balaban J connectivity index is 2.48. The van der Waals surface area contributed by atoms with E-state index in [0.29, 0.717) is 5.82 Å². The average molecular weight is 259 g/mol. The maximum Gasteiger partial charge on any atom is 0.127 e. The molecule has 0 aliphatic heterocycles. The maximum absolute atomic E-state index is 6.06. The van der Waals surface area contributed by atoms with E-state index < -0.39 is 0 Å². The first kappa shape index (κ1) is 13.5. The van der Waals surface area contributed by atoms with Crippen LogP contribution in [0, 0.1) is 6.92 Å². The predicted octanol–water partition coefficient (Wildman–Crippen LogP) is 3.07. The van der Waals surface area contributed by atoms with Crippen molar-refractivity contribution in [1.29, 1.82) is 0 Å². The Kier molecular flexibility index (Phi) is 3.27. The van der Waals surface area contributed by atoms with Gasteiger partial charge in [0.05, 0.1) is 18.5 Å². The van der Waals surface area contributed by atoms with Crippen molar-refractivity contribution >= 4 is 5.82 Å². The van der Waals surface area contributed by atoms with Crippen LogP contribution in [0.1, 0.15) is 32.0 Å². The summed E-state index contributed by atoms with van der Waals surface area (Å²) in [6.45, 7) is 8.38. The molecule has 0 fully saturated rings. The first-order chi connectivity index (χ1) is 8.82. The minimum atomic E-state index is -0.0130. The fraction of sp³-hybridized carbons (Fsp3) is 0.400. The van der Waals surface area contributed by atoms with Crippen LogP contribution >= 0.6 is 0 Å². The van der Waals surface area contributed by atoms with Gasteiger partial charge >= 0.3 is 0 Å². The molecule has 1 aromatic heterocycles. The number of hydrogen-bond donors (Lipinski definition) is 1. The topological polar surface area (TPSA) is 53.1 Å². The summed E-state index contributed by atoms with van der Waals surface area (Å²) in [6.07, 6.45) is 0. The summed E-state index contributed by atoms with van der Waals surface area (Å²) in [5.74, 6) is 1.51. The normalized spacial score (nSPS) is 11.6. The number of benzene rings is 1. The number of aryl methyl sites for hydroxylation is 1. The van der Waals surface area contributed by atoms with E-state index in [9.17, 15) is 0 Å². The number of nitrogens with two attached hydrogens (primary N) is 1. The molecule has 2 rings (SSSR count). The molecular weight excluding hydrogens is 238 g/mol. The van der Waals surface area contributed by atoms with Gasteiger partial charge in [0, 0.05) is 11.5 Å². The molecule has 1 heterocycles. The fourth-order valence-corrected chi connectivity index (χ4v) is 1.96. The lowest BCUT2D eigenvalue weighted by atomic mass is 9.92. The second-order valence-electron chi connectivity index (χ2n) is 5.77. The number of hydrogen-bond acceptors (Lipinski definition) is 3. The van der Waals surface area contributed by atoms with Gasteiger partial charge in [0.1, 0.15) is 11.6 Å². The van der Waals surface area contributed by atoms with Crippen molar-refractivity contribution in [3.63, 3.8) is 0 Å². The zero-order chi connectivity index (χ0) is 14.2. The molecule has 4 nitrogen and oxygen atoms in total. The Hall–Kier alpha value is -1.97. The van der Waals surface area contributed by atoms with Crippen LogP contribution in [0.25, 0.3) is 5.69 Å². The molecule has 0 bridgehead atoms. The van der Waals surface area contributed by atoms with E-state index in [1.807, 2.05) is 31.2 Å². The van der Waals surface area contributed by atoms with Crippen molar-refractivity contribution in [2.75, 3.05) is 12.8 Å². The quantitative estimate of drug-likeness (QED) is 0.901. The van der Waals surface area contributed by atoms with Crippen LogP contribution in [-0.2, 0) is 5.41 Å². The predicted molar refractivity (Wildman–Crippen MR) is 78.0 cm³/mol. The monoisotopic (exact) mass is 259 g/mol. The van der Waals surface area contributed by atoms with Gasteiger partial charge in [-0.15, -0.1) is 0 Å². The number of ether oxygens (including phenoxy) is 1. The molecule has 19 heavy (non-hydrogen) atoms. The van der Waals surface area contributed by atoms with Gasteiger partial charge in [-0.25, -0.2) is 4.68 Å². The van der Waals surface area contributed by atoms with Crippen LogP contribution in [0.15, 0.2) is 24.3 Å². The van der Waals surface area contributed by atoms with Crippen LogP contribution in [0.2, 0.25) is 0 Å². The van der Waals surface area contributed by atoms with Crippen molar-refractivity contribution in [3.8, 4) is 11.4 Å². The summed E-state index contributed by atoms with van der Waals surface area (Å²) in [5.41, 5.74) is 9.04. The minimum absolute atomic E-state index is 0.0130. The number of anilines is 1. The summed E-state index contributed by atoms with van der Waals surface area (Å²) in [6, 6.07) is 7.85. The third-order valence-corrected chi connectivity index (χ3v) is 3.13. The molecule has 0 spiro atoms. The molecule has 0 radical (unpaired) electrons. The van der Waals surface area contributed by atoms with Crippen LogP contribution in [0.4, 0.5) is 5.82 Å². The van der Waals surface area contributed by atoms with Crippen molar-refractivity contribution < 1.29 is 4.74 Å². The van der Waals surface area contributed by atoms with Gasteiger partial charge in [-0.2, -0.15) is 5.10 Å². The molecule has 0 saturated heterocycles. The van der Waals surface area contributed by atoms with E-state index in [2.05, 4.69) is 25.9 Å². The van der Waals surface area contributed by atoms with Gasteiger partial charge in [-0.3, -0.25) is 0 Å². The Labute approximate surface area is 114 Å². The molecule has 1 aromatic carbocycles. The second-order valence-corrected chi connectivity index (χ2v) is 5.77. The summed E-state index contributed by atoms with van der Waals surface area (Å²) in [4.78, 5) is 0. The van der Waals surface area contributed by atoms with Crippen molar-refractivity contribution in [1.82, 2.24) is 9.78 Å². The lowest BCUT2D eigenvalue weighted by Gasteiger charge is -2.14. The van der Waals surface area contributed by atoms with Gasteiger partial charge < -0.3 is 10.5 Å². The second kappa shape index (κ2) is 4.61. The zero-order valence-corrected chi connectivity index (χ0v) is 12.2. The molecule has 4 heteroatoms. The SMILES string of the molecule is COc1ccc(-n2nc(C(C)(C)C)cc2N)cc1C. The molecule has 2 aromatic rings. The molecule has 0 unspecified atom stereocenters. The van der Waals surface area contributed by atoms with Gasteiger partial charge in [0.2, 0.25) is 0 Å². The Bertz CT molecular complexity index is 594. The molecule has 2 N–H and O–H groups in total. The summed E-state index contributed by atoms with van der Waals surface area (Å²) < 4.78 is 7.04. The van der Waals surface area contributed by atoms with Crippen molar-refractivity contribution in [3.05, 3.63) is 35.5 Å². The van der Waals surface area contributed by atoms with Gasteiger partial charge in [0.25, 0.3) is 0 Å². The largest absolute Gasteiger partial charge is 0.496 e. The highest BCUT2D eigenvalue weighted by molar-refractivity contribution is 5.48. The Morgan fingerprint density at radius 1 is 1.21 bits per heavy atom. The van der Waals surface area contributed by atoms with E-state index in [0.717, 1.165) is 22.7 Å². The van der Waals surface area contributed by atoms with E-state index in [1.165, 1.54) is 0 Å². The number of rotatable bonds is 2. The standard InChI is InChI=1S/C15H21N3O/c1-10-8-11(6-7-12(10)19-5)18-14(16)9-13(17-18)15(2,3)4/h6-9H,16H2,1-5H3. The number of methoxy groups -OCH3 is 1. The molecule has 0 amide bonds. The number of nitrogens with zero attached hydrogens (tertiary/aromatic N) is 2. The summed E-state index contributed by atoms with van der Waals surface area (Å²) in [7, 11) is 1.67. The van der Waals surface area contributed by atoms with E-state index in [4.69, 9.17) is 10.5 Å². The van der Waals surface area contributed by atoms with Crippen LogP contribution in [-0.4, -0.2) is 16.9 Å². The number of aromatic nitrogens is 2. The van der Waals surface area contributed by atoms with E-state index in [-0.39, 0.29) is 5.41 Å². The van der Waals surface area contributed by atoms with E-state index in [1.54, 1.807) is 11.8 Å². The maximum atomic E-state index is 6.06. The summed E-state index contributed by atoms with van der Waals surface area (Å²) >= 11 is 0. The Morgan fingerprint density at radius 3 is 2.37 bits per heavy atom. The smallest absolute Gasteiger partial charge is 0.127 e. The first-order valence-electron chi connectivity index (χ1n) is 6.34. The average Bonchev–Trinajstić information content (AvgIpc) is 2.71. The molecule has 0 atom stereocenters. The van der Waals surface area contributed by atoms with Gasteiger partial charge in [0.15, 0.2) is 0 Å². The minimum Gasteiger partial charge on any atom is -0.496 e. The third-order valence-electron chi connectivity index (χ3n) is 3.13. The highest BCUT2D eigenvalue weighted by Crippen LogP contribution is 2.26. The molecule has 0 aliphatic rings. The van der Waals surface area contributed by atoms with Gasteiger partial charge in [-0.1, -0.05) is 20.8 Å². The van der Waals surface area contributed by atoms with Crippen molar-refractivity contribution in [2.24, 2.45) is 0 Å². The molecule has 0 aliphatic carbocycles. The molecule has 0 saturated carbocycles. The highest BCUT2D eigenvalue weighted by atomic mass is 16.5. The first-order valence-corrected chi connectivity index (χ1v) is 6.34. The van der Waals surface area contributed by atoms with Gasteiger partial charge in [-0.05, 0) is 30.7 Å². The van der Waals surface area contributed by atoms with Crippen LogP contribution < -0.4 is 10.5 Å². The third kappa shape index (κ3) is 2.57. The Morgan fingerprint density at radius 2 is 1.89 bits per heavy atom. The molecule has 102 valence electrons. The molecular formula is C15H21N3O. The number of nitrogen functional groups attached to an aromatic ring is 1. The highest BCUT2D eigenvalue weighted by Gasteiger charge is 2.19. The van der Waals surface area contributed by atoms with E-state index >= 15 is 0 Å². The van der Waals surface area contributed by atoms with Crippen LogP contribution in [0.3, 0.4) is 0 Å².